The lowest BCUT2D eigenvalue weighted by atomic mass is 10.2. The van der Waals surface area contributed by atoms with Crippen molar-refractivity contribution in [2.45, 2.75) is 16.4 Å². The molecule has 17 heavy (non-hydrogen) atoms. The van der Waals surface area contributed by atoms with E-state index < -0.39 is 31.9 Å². The first-order chi connectivity index (χ1) is 7.77. The molecule has 0 fully saturated rings. The molecule has 1 aromatic rings. The fraction of sp³-hybridized carbons (Fsp3) is 0.125. The van der Waals surface area contributed by atoms with Crippen molar-refractivity contribution in [1.82, 2.24) is 0 Å². The van der Waals surface area contributed by atoms with E-state index >= 15 is 0 Å². The molecular weight excluding hydrogens is 296 g/mol. The Bertz CT molecular complexity index is 583. The van der Waals surface area contributed by atoms with Crippen molar-refractivity contribution < 1.29 is 21.9 Å². The fourth-order valence-corrected chi connectivity index (χ4v) is 2.62. The van der Waals surface area contributed by atoms with Gasteiger partial charge < -0.3 is 4.74 Å². The van der Waals surface area contributed by atoms with Gasteiger partial charge in [0.15, 0.2) is 0 Å². The molecule has 0 unspecified atom stereocenters. The highest BCUT2D eigenvalue weighted by atomic mass is 35.7. The third-order valence-electron chi connectivity index (χ3n) is 1.67. The second-order valence-electron chi connectivity index (χ2n) is 2.72. The largest absolute Gasteiger partial charge is 0.433 e. The molecule has 0 spiro atoms. The Morgan fingerprint density at radius 2 is 2.06 bits per heavy atom. The molecule has 0 aliphatic rings. The standard InChI is InChI=1S/C8H4ClF2NO3S2/c9-17(13,14)7-4(3-12)6(16)2-1-5(7)15-8(10)11/h1-2,8,16H. The molecule has 0 heterocycles. The van der Waals surface area contributed by atoms with Gasteiger partial charge in [0.1, 0.15) is 16.7 Å². The number of ether oxygens (including phenoxy) is 1. The van der Waals surface area contributed by atoms with Crippen molar-refractivity contribution in [3.8, 4) is 11.8 Å². The molecule has 0 aromatic heterocycles. The molecule has 9 heteroatoms. The first-order valence-electron chi connectivity index (χ1n) is 3.93. The van der Waals surface area contributed by atoms with Crippen LogP contribution in [0.5, 0.6) is 5.75 Å². The predicted molar refractivity (Wildman–Crippen MR) is 58.1 cm³/mol. The van der Waals surface area contributed by atoms with E-state index in [4.69, 9.17) is 15.9 Å². The monoisotopic (exact) mass is 299 g/mol. The van der Waals surface area contributed by atoms with Crippen molar-refractivity contribution >= 4 is 32.4 Å². The number of hydrogen-bond donors (Lipinski definition) is 1. The minimum Gasteiger partial charge on any atom is -0.433 e. The van der Waals surface area contributed by atoms with Gasteiger partial charge in [-0.2, -0.15) is 14.0 Å². The summed E-state index contributed by atoms with van der Waals surface area (Å²) < 4.78 is 50.6. The molecule has 0 aliphatic carbocycles. The average Bonchev–Trinajstić information content (AvgIpc) is 2.17. The van der Waals surface area contributed by atoms with Crippen LogP contribution in [0, 0.1) is 11.3 Å². The summed E-state index contributed by atoms with van der Waals surface area (Å²) in [6.45, 7) is -3.23. The van der Waals surface area contributed by atoms with Crippen molar-refractivity contribution in [2.24, 2.45) is 0 Å². The van der Waals surface area contributed by atoms with Crippen molar-refractivity contribution in [3.05, 3.63) is 17.7 Å². The number of benzene rings is 1. The number of rotatable bonds is 3. The lowest BCUT2D eigenvalue weighted by molar-refractivity contribution is -0.0517. The maximum absolute atomic E-state index is 12.1. The van der Waals surface area contributed by atoms with E-state index in [0.717, 1.165) is 12.1 Å². The van der Waals surface area contributed by atoms with E-state index in [-0.39, 0.29) is 4.90 Å². The first-order valence-corrected chi connectivity index (χ1v) is 6.68. The number of thiol groups is 1. The summed E-state index contributed by atoms with van der Waals surface area (Å²) in [6, 6.07) is 3.63. The first kappa shape index (κ1) is 14.0. The van der Waals surface area contributed by atoms with Crippen LogP contribution in [0.25, 0.3) is 0 Å². The number of nitriles is 1. The number of halogens is 3. The molecule has 4 nitrogen and oxygen atoms in total. The summed E-state index contributed by atoms with van der Waals surface area (Å²) in [7, 11) is 0.663. The molecular formula is C8H4ClF2NO3S2. The van der Waals surface area contributed by atoms with Crippen LogP contribution in [0.15, 0.2) is 21.9 Å². The fourth-order valence-electron chi connectivity index (χ4n) is 1.09. The Morgan fingerprint density at radius 1 is 1.47 bits per heavy atom. The molecule has 0 saturated heterocycles. The van der Waals surface area contributed by atoms with Crippen LogP contribution >= 0.6 is 23.3 Å². The molecule has 92 valence electrons. The van der Waals surface area contributed by atoms with Gasteiger partial charge in [-0.05, 0) is 12.1 Å². The zero-order valence-electron chi connectivity index (χ0n) is 7.89. The van der Waals surface area contributed by atoms with E-state index in [9.17, 15) is 17.2 Å². The zero-order valence-corrected chi connectivity index (χ0v) is 10.4. The molecule has 0 atom stereocenters. The van der Waals surface area contributed by atoms with Crippen LogP contribution < -0.4 is 4.74 Å². The normalized spacial score (nSPS) is 11.3. The highest BCUT2D eigenvalue weighted by Crippen LogP contribution is 2.34. The van der Waals surface area contributed by atoms with Crippen LogP contribution in [0.4, 0.5) is 8.78 Å². The Hall–Kier alpha value is -1.04. The second kappa shape index (κ2) is 5.08. The Labute approximate surface area is 106 Å². The van der Waals surface area contributed by atoms with Crippen molar-refractivity contribution in [1.29, 1.82) is 5.26 Å². The van der Waals surface area contributed by atoms with Crippen LogP contribution in [0.2, 0.25) is 0 Å². The Kier molecular flexibility index (Phi) is 4.19. The summed E-state index contributed by atoms with van der Waals surface area (Å²) in [5.74, 6) is -0.690. The van der Waals surface area contributed by atoms with Gasteiger partial charge in [0.25, 0.3) is 9.05 Å². The van der Waals surface area contributed by atoms with E-state index in [0.29, 0.717) is 0 Å². The number of hydrogen-bond acceptors (Lipinski definition) is 5. The summed E-state index contributed by atoms with van der Waals surface area (Å²) in [5, 5.41) is 8.76. The lowest BCUT2D eigenvalue weighted by Crippen LogP contribution is -2.07. The molecule has 0 saturated carbocycles. The lowest BCUT2D eigenvalue weighted by Gasteiger charge is -2.10. The minimum atomic E-state index is -4.40. The summed E-state index contributed by atoms with van der Waals surface area (Å²) >= 11 is 3.83. The topological polar surface area (TPSA) is 67.2 Å². The summed E-state index contributed by atoms with van der Waals surface area (Å²) in [4.78, 5) is -0.817. The third kappa shape index (κ3) is 3.21. The molecule has 0 bridgehead atoms. The van der Waals surface area contributed by atoms with E-state index in [1.807, 2.05) is 0 Å². The second-order valence-corrected chi connectivity index (χ2v) is 5.70. The van der Waals surface area contributed by atoms with Crippen LogP contribution in [0.3, 0.4) is 0 Å². The molecule has 0 aliphatic heterocycles. The highest BCUT2D eigenvalue weighted by Gasteiger charge is 2.25. The number of alkyl halides is 2. The maximum Gasteiger partial charge on any atom is 0.387 e. The Morgan fingerprint density at radius 3 is 2.47 bits per heavy atom. The van der Waals surface area contributed by atoms with Crippen molar-refractivity contribution in [2.75, 3.05) is 0 Å². The van der Waals surface area contributed by atoms with Gasteiger partial charge in [-0.25, -0.2) is 8.42 Å². The molecule has 0 radical (unpaired) electrons. The van der Waals surface area contributed by atoms with Gasteiger partial charge in [0.2, 0.25) is 0 Å². The quantitative estimate of drug-likeness (QED) is 0.687. The minimum absolute atomic E-state index is 0.00617. The molecule has 0 N–H and O–H groups in total. The molecule has 1 rings (SSSR count). The van der Waals surface area contributed by atoms with Gasteiger partial charge in [-0.3, -0.25) is 0 Å². The third-order valence-corrected chi connectivity index (χ3v) is 3.40. The molecule has 0 amide bonds. The zero-order chi connectivity index (χ0) is 13.2. The maximum atomic E-state index is 12.1. The Balaban J connectivity index is 3.59. The summed E-state index contributed by atoms with van der Waals surface area (Å²) in [6.07, 6.45) is 0. The predicted octanol–water partition coefficient (Wildman–Crippen LogP) is 2.38. The molecule has 1 aromatic carbocycles. The smallest absolute Gasteiger partial charge is 0.387 e. The van der Waals surface area contributed by atoms with Gasteiger partial charge in [-0.1, -0.05) is 0 Å². The van der Waals surface area contributed by atoms with Crippen LogP contribution in [0.1, 0.15) is 5.56 Å². The van der Waals surface area contributed by atoms with Crippen LogP contribution in [-0.2, 0) is 9.05 Å². The van der Waals surface area contributed by atoms with Crippen LogP contribution in [-0.4, -0.2) is 15.0 Å². The van der Waals surface area contributed by atoms with Crippen molar-refractivity contribution in [3.63, 3.8) is 0 Å². The van der Waals surface area contributed by atoms with Gasteiger partial charge in [-0.15, -0.1) is 12.6 Å². The average molecular weight is 300 g/mol. The highest BCUT2D eigenvalue weighted by molar-refractivity contribution is 8.13. The van der Waals surface area contributed by atoms with E-state index in [2.05, 4.69) is 17.4 Å². The van der Waals surface area contributed by atoms with Gasteiger partial charge in [0, 0.05) is 15.6 Å². The van der Waals surface area contributed by atoms with Gasteiger partial charge in [0.05, 0.1) is 5.56 Å². The van der Waals surface area contributed by atoms with E-state index in [1.165, 1.54) is 6.07 Å². The number of nitrogens with zero attached hydrogens (tertiary/aromatic N) is 1. The van der Waals surface area contributed by atoms with E-state index in [1.54, 1.807) is 0 Å². The van der Waals surface area contributed by atoms with Gasteiger partial charge >= 0.3 is 6.61 Å². The summed E-state index contributed by atoms with van der Waals surface area (Å²) in [5.41, 5.74) is -0.443. The SMILES string of the molecule is N#Cc1c(S)ccc(OC(F)F)c1S(=O)(=O)Cl.